The Morgan fingerprint density at radius 1 is 1.29 bits per heavy atom. The van der Waals surface area contributed by atoms with Gasteiger partial charge in [0.15, 0.2) is 6.61 Å². The van der Waals surface area contributed by atoms with Crippen molar-refractivity contribution in [2.24, 2.45) is 0 Å². The molecular formula is C4H8O8S2. The van der Waals surface area contributed by atoms with Gasteiger partial charge in [0.25, 0.3) is 20.2 Å². The molecule has 0 bridgehead atoms. The lowest BCUT2D eigenvalue weighted by atomic mass is 10.8. The van der Waals surface area contributed by atoms with Crippen LogP contribution < -0.4 is 0 Å². The van der Waals surface area contributed by atoms with Crippen LogP contribution in [0.1, 0.15) is 0 Å². The predicted octanol–water partition coefficient (Wildman–Crippen LogP) is -1.65. The lowest BCUT2D eigenvalue weighted by Gasteiger charge is -2.01. The summed E-state index contributed by atoms with van der Waals surface area (Å²) in [6.07, 6.45) is 0. The highest BCUT2D eigenvalue weighted by Gasteiger charge is 2.22. The summed E-state index contributed by atoms with van der Waals surface area (Å²) in [5.74, 6) is -0.982. The highest BCUT2D eigenvalue weighted by molar-refractivity contribution is 8.03. The summed E-state index contributed by atoms with van der Waals surface area (Å²) in [6, 6.07) is 0. The van der Waals surface area contributed by atoms with Crippen molar-refractivity contribution in [3.05, 3.63) is 0 Å². The Morgan fingerprint density at radius 2 is 1.79 bits per heavy atom. The van der Waals surface area contributed by atoms with Crippen molar-refractivity contribution in [1.82, 2.24) is 0 Å². The van der Waals surface area contributed by atoms with Gasteiger partial charge in [0.05, 0.1) is 7.11 Å². The Bertz CT molecular complexity index is 389. The maximum Gasteiger partial charge on any atom is 0.333 e. The minimum atomic E-state index is -4.70. The fraction of sp³-hybridized carbons (Fsp3) is 0.750. The summed E-state index contributed by atoms with van der Waals surface area (Å²) >= 11 is 0. The van der Waals surface area contributed by atoms with Gasteiger partial charge >= 0.3 is 5.97 Å². The molecule has 10 heteroatoms. The quantitative estimate of drug-likeness (QED) is 0.348. The van der Waals surface area contributed by atoms with E-state index in [0.717, 1.165) is 7.11 Å². The summed E-state index contributed by atoms with van der Waals surface area (Å²) in [5.41, 5.74) is 0. The average molecular weight is 248 g/mol. The number of hydrogen-bond acceptors (Lipinski definition) is 7. The van der Waals surface area contributed by atoms with Crippen molar-refractivity contribution < 1.29 is 35.1 Å². The smallest absolute Gasteiger partial charge is 0.333 e. The highest BCUT2D eigenvalue weighted by Crippen LogP contribution is 1.98. The zero-order valence-corrected chi connectivity index (χ0v) is 8.67. The summed E-state index contributed by atoms with van der Waals surface area (Å²) in [4.78, 5) is 10.4. The molecule has 0 fully saturated rings. The van der Waals surface area contributed by atoms with Gasteiger partial charge in [-0.15, -0.1) is 0 Å². The van der Waals surface area contributed by atoms with Crippen molar-refractivity contribution in [3.8, 4) is 0 Å². The lowest BCUT2D eigenvalue weighted by Crippen LogP contribution is -2.21. The van der Waals surface area contributed by atoms with Crippen LogP contribution in [0.25, 0.3) is 0 Å². The van der Waals surface area contributed by atoms with E-state index in [0.29, 0.717) is 0 Å². The molecule has 1 N–H and O–H groups in total. The SMILES string of the molecule is COC(=O)COS(=O)(=O)CS(=O)(=O)O. The standard InChI is InChI=1S/C4H8O8S2/c1-11-4(5)2-12-14(9,10)3-13(6,7)8/h2-3H2,1H3,(H,6,7,8). The molecule has 0 radical (unpaired) electrons. The van der Waals surface area contributed by atoms with Gasteiger partial charge in [-0.05, 0) is 0 Å². The van der Waals surface area contributed by atoms with E-state index in [9.17, 15) is 21.6 Å². The van der Waals surface area contributed by atoms with Gasteiger partial charge in [-0.25, -0.2) is 4.79 Å². The molecule has 0 saturated carbocycles. The van der Waals surface area contributed by atoms with E-state index in [1.807, 2.05) is 0 Å². The Kier molecular flexibility index (Phi) is 4.45. The summed E-state index contributed by atoms with van der Waals surface area (Å²) in [5, 5.41) is -1.60. The molecule has 0 aliphatic heterocycles. The molecule has 84 valence electrons. The van der Waals surface area contributed by atoms with Crippen LogP contribution in [0.15, 0.2) is 0 Å². The van der Waals surface area contributed by atoms with E-state index in [4.69, 9.17) is 4.55 Å². The van der Waals surface area contributed by atoms with Crippen LogP contribution in [0.5, 0.6) is 0 Å². The Labute approximate surface area is 80.7 Å². The van der Waals surface area contributed by atoms with Gasteiger partial charge in [-0.3, -0.25) is 8.74 Å². The maximum absolute atomic E-state index is 10.7. The second kappa shape index (κ2) is 4.68. The molecule has 0 rings (SSSR count). The molecule has 0 aromatic rings. The molecule has 14 heavy (non-hydrogen) atoms. The fourth-order valence-corrected chi connectivity index (χ4v) is 2.42. The molecule has 0 aliphatic rings. The summed E-state index contributed by atoms with van der Waals surface area (Å²) < 4.78 is 57.8. The zero-order valence-electron chi connectivity index (χ0n) is 7.04. The number of carbonyl (C=O) groups excluding carboxylic acids is 1. The molecule has 0 amide bonds. The largest absolute Gasteiger partial charge is 0.467 e. The normalized spacial score (nSPS) is 12.4. The Hall–Kier alpha value is -0.710. The Morgan fingerprint density at radius 3 is 2.14 bits per heavy atom. The van der Waals surface area contributed by atoms with Gasteiger partial charge in [0, 0.05) is 0 Å². The Balaban J connectivity index is 4.31. The first-order chi connectivity index (χ1) is 6.16. The van der Waals surface area contributed by atoms with Gasteiger partial charge in [0.1, 0.15) is 0 Å². The molecular weight excluding hydrogens is 240 g/mol. The van der Waals surface area contributed by atoms with Crippen LogP contribution in [0.3, 0.4) is 0 Å². The van der Waals surface area contributed by atoms with E-state index in [2.05, 4.69) is 8.92 Å². The summed E-state index contributed by atoms with van der Waals surface area (Å²) in [7, 11) is -8.18. The third-order valence-electron chi connectivity index (χ3n) is 0.877. The van der Waals surface area contributed by atoms with Crippen molar-refractivity contribution in [3.63, 3.8) is 0 Å². The van der Waals surface area contributed by atoms with Crippen molar-refractivity contribution in [1.29, 1.82) is 0 Å². The first-order valence-electron chi connectivity index (χ1n) is 3.05. The monoisotopic (exact) mass is 248 g/mol. The molecule has 0 atom stereocenters. The number of carbonyl (C=O) groups is 1. The van der Waals surface area contributed by atoms with Crippen LogP contribution in [-0.2, 0) is 34.0 Å². The highest BCUT2D eigenvalue weighted by atomic mass is 32.3. The second-order valence-electron chi connectivity index (χ2n) is 2.10. The minimum absolute atomic E-state index is 0.936. The van der Waals surface area contributed by atoms with Crippen LogP contribution in [0.4, 0.5) is 0 Å². The number of rotatable bonds is 5. The minimum Gasteiger partial charge on any atom is -0.467 e. The van der Waals surface area contributed by atoms with Crippen LogP contribution >= 0.6 is 0 Å². The molecule has 0 aromatic heterocycles. The van der Waals surface area contributed by atoms with Gasteiger partial charge in [-0.1, -0.05) is 0 Å². The maximum atomic E-state index is 10.7. The number of esters is 1. The van der Waals surface area contributed by atoms with Gasteiger partial charge in [0.2, 0.25) is 5.08 Å². The van der Waals surface area contributed by atoms with Crippen molar-refractivity contribution >= 4 is 26.2 Å². The topological polar surface area (TPSA) is 124 Å². The van der Waals surface area contributed by atoms with E-state index < -0.39 is 37.9 Å². The van der Waals surface area contributed by atoms with Gasteiger partial charge < -0.3 is 4.74 Å². The van der Waals surface area contributed by atoms with Gasteiger partial charge in [-0.2, -0.15) is 16.8 Å². The molecule has 0 aliphatic carbocycles. The molecule has 8 nitrogen and oxygen atoms in total. The first-order valence-corrected chi connectivity index (χ1v) is 6.24. The van der Waals surface area contributed by atoms with E-state index in [1.54, 1.807) is 0 Å². The van der Waals surface area contributed by atoms with Crippen molar-refractivity contribution in [2.45, 2.75) is 0 Å². The predicted molar refractivity (Wildman–Crippen MR) is 43.3 cm³/mol. The average Bonchev–Trinajstić information content (AvgIpc) is 1.96. The third kappa shape index (κ3) is 6.77. The fourth-order valence-electron chi connectivity index (χ4n) is 0.413. The van der Waals surface area contributed by atoms with E-state index in [-0.39, 0.29) is 0 Å². The first kappa shape index (κ1) is 13.3. The zero-order chi connectivity index (χ0) is 11.4. The van der Waals surface area contributed by atoms with Crippen LogP contribution in [-0.4, -0.2) is 46.2 Å². The number of ether oxygens (including phenoxy) is 1. The number of hydrogen-bond donors (Lipinski definition) is 1. The molecule has 0 heterocycles. The molecule has 0 saturated heterocycles. The lowest BCUT2D eigenvalue weighted by molar-refractivity contribution is -0.142. The summed E-state index contributed by atoms with van der Waals surface area (Å²) in [6.45, 7) is -0.936. The van der Waals surface area contributed by atoms with Crippen LogP contribution in [0, 0.1) is 0 Å². The van der Waals surface area contributed by atoms with Crippen molar-refractivity contribution in [2.75, 3.05) is 18.8 Å². The van der Waals surface area contributed by atoms with E-state index >= 15 is 0 Å². The number of methoxy groups -OCH3 is 1. The van der Waals surface area contributed by atoms with Crippen LogP contribution in [0.2, 0.25) is 0 Å². The third-order valence-corrected chi connectivity index (χ3v) is 3.70. The molecule has 0 unspecified atom stereocenters. The molecule has 0 aromatic carbocycles. The second-order valence-corrected chi connectivity index (χ2v) is 5.55. The van der Waals surface area contributed by atoms with E-state index in [1.165, 1.54) is 0 Å². The molecule has 0 spiro atoms.